The maximum absolute atomic E-state index is 11.8. The first-order chi connectivity index (χ1) is 7.85. The van der Waals surface area contributed by atoms with Gasteiger partial charge in [-0.3, -0.25) is 0 Å². The average molecular weight is 242 g/mol. The van der Waals surface area contributed by atoms with Crippen molar-refractivity contribution in [3.8, 4) is 0 Å². The fourth-order valence-electron chi connectivity index (χ4n) is 2.68. The van der Waals surface area contributed by atoms with Gasteiger partial charge in [0.2, 0.25) is 0 Å². The number of carbonyl (C=O) groups excluding carboxylic acids is 1. The largest absolute Gasteiger partial charge is 0.395 e. The Hall–Kier alpha value is -0.770. The number of nitrogens with zero attached hydrogens (tertiary/aromatic N) is 1. The third kappa shape index (κ3) is 4.19. The molecular weight excluding hydrogens is 216 g/mol. The van der Waals surface area contributed by atoms with Crippen molar-refractivity contribution >= 4 is 6.03 Å². The van der Waals surface area contributed by atoms with Crippen molar-refractivity contribution < 1.29 is 9.90 Å². The lowest BCUT2D eigenvalue weighted by Gasteiger charge is -2.40. The number of aliphatic hydroxyl groups is 1. The van der Waals surface area contributed by atoms with Crippen molar-refractivity contribution in [1.82, 2.24) is 10.2 Å². The highest BCUT2D eigenvalue weighted by Gasteiger charge is 2.33. The SMILES string of the molecule is CC1CC(C)(C)CCC1NC(=O)N(C)CCO. The van der Waals surface area contributed by atoms with Crippen LogP contribution in [-0.4, -0.2) is 42.3 Å². The number of urea groups is 1. The minimum Gasteiger partial charge on any atom is -0.395 e. The Kier molecular flexibility index (Phi) is 4.80. The lowest BCUT2D eigenvalue weighted by atomic mass is 9.70. The van der Waals surface area contributed by atoms with Crippen LogP contribution >= 0.6 is 0 Å². The lowest BCUT2D eigenvalue weighted by Crippen LogP contribution is -2.49. The van der Waals surface area contributed by atoms with Crippen molar-refractivity contribution in [3.63, 3.8) is 0 Å². The minimum absolute atomic E-state index is 0.0111. The van der Waals surface area contributed by atoms with Gasteiger partial charge in [0.25, 0.3) is 0 Å². The molecule has 0 aromatic heterocycles. The van der Waals surface area contributed by atoms with Gasteiger partial charge in [-0.15, -0.1) is 0 Å². The van der Waals surface area contributed by atoms with E-state index in [9.17, 15) is 4.79 Å². The summed E-state index contributed by atoms with van der Waals surface area (Å²) in [7, 11) is 1.71. The van der Waals surface area contributed by atoms with Crippen molar-refractivity contribution in [1.29, 1.82) is 0 Å². The molecule has 17 heavy (non-hydrogen) atoms. The summed E-state index contributed by atoms with van der Waals surface area (Å²) in [5.41, 5.74) is 0.400. The standard InChI is InChI=1S/C13H26N2O2/c1-10-9-13(2,3)6-5-11(10)14-12(17)15(4)7-8-16/h10-11,16H,5-9H2,1-4H3,(H,14,17). The Balaban J connectivity index is 2.45. The van der Waals surface area contributed by atoms with Gasteiger partial charge in [0.05, 0.1) is 6.61 Å². The molecule has 2 amide bonds. The number of amides is 2. The predicted molar refractivity (Wildman–Crippen MR) is 68.8 cm³/mol. The maximum Gasteiger partial charge on any atom is 0.317 e. The fourth-order valence-corrected chi connectivity index (χ4v) is 2.68. The van der Waals surface area contributed by atoms with Gasteiger partial charge < -0.3 is 15.3 Å². The molecule has 2 unspecified atom stereocenters. The Morgan fingerprint density at radius 2 is 2.18 bits per heavy atom. The van der Waals surface area contributed by atoms with E-state index < -0.39 is 0 Å². The second-order valence-electron chi connectivity index (χ2n) is 6.09. The monoisotopic (exact) mass is 242 g/mol. The van der Waals surface area contributed by atoms with E-state index in [4.69, 9.17) is 5.11 Å². The van der Waals surface area contributed by atoms with Crippen LogP contribution in [0.25, 0.3) is 0 Å². The van der Waals surface area contributed by atoms with Crippen LogP contribution in [0.3, 0.4) is 0 Å². The van der Waals surface area contributed by atoms with E-state index in [0.717, 1.165) is 19.3 Å². The second-order valence-corrected chi connectivity index (χ2v) is 6.09. The van der Waals surface area contributed by atoms with E-state index in [1.807, 2.05) is 0 Å². The molecule has 0 aromatic carbocycles. The molecule has 1 fully saturated rings. The fraction of sp³-hybridized carbons (Fsp3) is 0.923. The summed E-state index contributed by atoms with van der Waals surface area (Å²) in [6.07, 6.45) is 3.36. The number of hydrogen-bond acceptors (Lipinski definition) is 2. The molecule has 0 saturated heterocycles. The van der Waals surface area contributed by atoms with E-state index in [1.165, 1.54) is 4.90 Å². The number of rotatable bonds is 3. The maximum atomic E-state index is 11.8. The van der Waals surface area contributed by atoms with Gasteiger partial charge >= 0.3 is 6.03 Å². The summed E-state index contributed by atoms with van der Waals surface area (Å²) in [5.74, 6) is 0.519. The number of aliphatic hydroxyl groups excluding tert-OH is 1. The van der Waals surface area contributed by atoms with Gasteiger partial charge in [0.1, 0.15) is 0 Å². The first-order valence-corrected chi connectivity index (χ1v) is 6.48. The first-order valence-electron chi connectivity index (χ1n) is 6.48. The normalized spacial score (nSPS) is 27.6. The average Bonchev–Trinajstić information content (AvgIpc) is 2.21. The van der Waals surface area contributed by atoms with Crippen LogP contribution in [-0.2, 0) is 0 Å². The van der Waals surface area contributed by atoms with Crippen molar-refractivity contribution in [3.05, 3.63) is 0 Å². The third-order valence-electron chi connectivity index (χ3n) is 3.78. The molecule has 1 aliphatic rings. The Bertz CT molecular complexity index is 266. The topological polar surface area (TPSA) is 52.6 Å². The summed E-state index contributed by atoms with van der Waals surface area (Å²) >= 11 is 0. The van der Waals surface area contributed by atoms with Gasteiger partial charge in [-0.2, -0.15) is 0 Å². The lowest BCUT2D eigenvalue weighted by molar-refractivity contribution is 0.139. The van der Waals surface area contributed by atoms with Crippen molar-refractivity contribution in [2.45, 2.75) is 46.1 Å². The zero-order valence-corrected chi connectivity index (χ0v) is 11.5. The first kappa shape index (κ1) is 14.3. The van der Waals surface area contributed by atoms with E-state index in [1.54, 1.807) is 7.05 Å². The molecular formula is C13H26N2O2. The van der Waals surface area contributed by atoms with Gasteiger partial charge in [-0.25, -0.2) is 4.79 Å². The van der Waals surface area contributed by atoms with E-state index in [-0.39, 0.29) is 18.7 Å². The van der Waals surface area contributed by atoms with Gasteiger partial charge in [-0.1, -0.05) is 20.8 Å². The molecule has 2 N–H and O–H groups in total. The molecule has 0 radical (unpaired) electrons. The van der Waals surface area contributed by atoms with Gasteiger partial charge in [0.15, 0.2) is 0 Å². The minimum atomic E-state index is -0.0735. The number of hydrogen-bond donors (Lipinski definition) is 2. The van der Waals surface area contributed by atoms with Crippen molar-refractivity contribution in [2.24, 2.45) is 11.3 Å². The van der Waals surface area contributed by atoms with Crippen LogP contribution in [0.1, 0.15) is 40.0 Å². The summed E-state index contributed by atoms with van der Waals surface area (Å²) < 4.78 is 0. The highest BCUT2D eigenvalue weighted by atomic mass is 16.3. The van der Waals surface area contributed by atoms with E-state index in [2.05, 4.69) is 26.1 Å². The number of likely N-dealkylation sites (N-methyl/N-ethyl adjacent to an activating group) is 1. The third-order valence-corrected chi connectivity index (χ3v) is 3.78. The zero-order valence-electron chi connectivity index (χ0n) is 11.5. The summed E-state index contributed by atoms with van der Waals surface area (Å²) in [5, 5.41) is 11.9. The van der Waals surface area contributed by atoms with Gasteiger partial charge in [0, 0.05) is 19.6 Å². The molecule has 4 heteroatoms. The van der Waals surface area contributed by atoms with E-state index >= 15 is 0 Å². The Morgan fingerprint density at radius 3 is 2.71 bits per heavy atom. The molecule has 1 rings (SSSR count). The summed E-state index contributed by atoms with van der Waals surface area (Å²) in [6, 6.07) is 0.201. The molecule has 0 bridgehead atoms. The Labute approximate surface area is 104 Å². The number of nitrogens with one attached hydrogen (secondary N) is 1. The smallest absolute Gasteiger partial charge is 0.317 e. The van der Waals surface area contributed by atoms with Crippen LogP contribution in [0.4, 0.5) is 4.79 Å². The summed E-state index contributed by atoms with van der Waals surface area (Å²) in [4.78, 5) is 13.3. The predicted octanol–water partition coefficient (Wildman–Crippen LogP) is 1.83. The second kappa shape index (κ2) is 5.71. The van der Waals surface area contributed by atoms with Crippen molar-refractivity contribution in [2.75, 3.05) is 20.2 Å². The highest BCUT2D eigenvalue weighted by molar-refractivity contribution is 5.74. The Morgan fingerprint density at radius 1 is 1.53 bits per heavy atom. The molecule has 0 spiro atoms. The highest BCUT2D eigenvalue weighted by Crippen LogP contribution is 2.38. The zero-order chi connectivity index (χ0) is 13.1. The molecule has 1 saturated carbocycles. The van der Waals surface area contributed by atoms with Crippen LogP contribution in [0.15, 0.2) is 0 Å². The van der Waals surface area contributed by atoms with Crippen LogP contribution in [0, 0.1) is 11.3 Å². The van der Waals surface area contributed by atoms with Gasteiger partial charge in [-0.05, 0) is 30.6 Å². The number of carbonyl (C=O) groups is 1. The van der Waals surface area contributed by atoms with Crippen LogP contribution < -0.4 is 5.32 Å². The van der Waals surface area contributed by atoms with E-state index in [0.29, 0.717) is 17.9 Å². The molecule has 0 heterocycles. The molecule has 1 aliphatic carbocycles. The van der Waals surface area contributed by atoms with Crippen LogP contribution in [0.2, 0.25) is 0 Å². The van der Waals surface area contributed by atoms with Crippen LogP contribution in [0.5, 0.6) is 0 Å². The molecule has 0 aromatic rings. The quantitative estimate of drug-likeness (QED) is 0.793. The summed E-state index contributed by atoms with van der Waals surface area (Å²) in [6.45, 7) is 7.19. The molecule has 2 atom stereocenters. The molecule has 4 nitrogen and oxygen atoms in total. The molecule has 0 aliphatic heterocycles. The molecule has 100 valence electrons.